The Morgan fingerprint density at radius 2 is 1.57 bits per heavy atom. The van der Waals surface area contributed by atoms with Gasteiger partial charge in [0.2, 0.25) is 0 Å². The molecule has 0 aromatic heterocycles. The molecule has 0 bridgehead atoms. The first-order valence-electron chi connectivity index (χ1n) is 11.9. The van der Waals surface area contributed by atoms with Gasteiger partial charge in [-0.2, -0.15) is 0 Å². The van der Waals surface area contributed by atoms with Gasteiger partial charge in [-0.1, -0.05) is 80.3 Å². The van der Waals surface area contributed by atoms with Crippen LogP contribution in [-0.2, 0) is 14.4 Å². The minimum atomic E-state index is -0.989. The number of allylic oxidation sites excluding steroid dienone is 1. The minimum Gasteiger partial charge on any atom is -0.476 e. The van der Waals surface area contributed by atoms with Crippen molar-refractivity contribution < 1.29 is 19.1 Å². The van der Waals surface area contributed by atoms with Crippen LogP contribution >= 0.6 is 11.6 Å². The van der Waals surface area contributed by atoms with E-state index in [2.05, 4.69) is 23.7 Å². The van der Waals surface area contributed by atoms with Crippen LogP contribution in [0.5, 0.6) is 5.75 Å². The number of aryl methyl sites for hydroxylation is 1. The van der Waals surface area contributed by atoms with Gasteiger partial charge < -0.3 is 14.3 Å². The Labute approximate surface area is 215 Å². The Hall–Kier alpha value is -2.86. The Balaban J connectivity index is 0.000000669. The van der Waals surface area contributed by atoms with E-state index in [9.17, 15) is 4.79 Å². The maximum atomic E-state index is 12.0. The van der Waals surface area contributed by atoms with E-state index in [0.29, 0.717) is 19.0 Å². The number of esters is 1. The minimum absolute atomic E-state index is 0.331. The second-order valence-electron chi connectivity index (χ2n) is 8.46. The average molecular weight is 506 g/mol. The summed E-state index contributed by atoms with van der Waals surface area (Å²) in [4.78, 5) is 25.2. The van der Waals surface area contributed by atoms with Gasteiger partial charge in [-0.15, -0.1) is 4.91 Å². The van der Waals surface area contributed by atoms with Gasteiger partial charge in [-0.05, 0) is 70.4 Å². The number of hydrogen-bond acceptors (Lipinski definition) is 6. The number of ether oxygens (including phenoxy) is 2. The van der Waals surface area contributed by atoms with Crippen LogP contribution < -0.4 is 4.74 Å². The number of hydrogen-bond donors (Lipinski definition) is 0. The van der Waals surface area contributed by atoms with Crippen LogP contribution in [0.2, 0.25) is 5.02 Å². The number of nitrogens with zero attached hydrogens (tertiary/aromatic N) is 1. The highest BCUT2D eigenvalue weighted by molar-refractivity contribution is 6.30. The van der Waals surface area contributed by atoms with Crippen LogP contribution in [0, 0.1) is 11.8 Å². The normalized spacial score (nSPS) is 10.0. The van der Waals surface area contributed by atoms with Crippen molar-refractivity contribution in [2.75, 3.05) is 13.2 Å². The number of benzene rings is 2. The molecule has 35 heavy (non-hydrogen) atoms. The maximum Gasteiger partial charge on any atom is 0.349 e. The predicted octanol–water partition coefficient (Wildman–Crippen LogP) is 8.35. The summed E-state index contributed by atoms with van der Waals surface area (Å²) in [6, 6.07) is 15.3. The molecule has 0 unspecified atom stereocenters. The third kappa shape index (κ3) is 15.6. The predicted molar refractivity (Wildman–Crippen MR) is 145 cm³/mol. The van der Waals surface area contributed by atoms with Crippen LogP contribution in [0.25, 0.3) is 5.57 Å². The highest BCUT2D eigenvalue weighted by atomic mass is 35.5. The zero-order chi connectivity index (χ0) is 26.7. The number of halogens is 1. The van der Waals surface area contributed by atoms with Crippen LogP contribution in [0.15, 0.2) is 60.5 Å². The molecule has 2 rings (SSSR count). The molecule has 0 aliphatic rings. The van der Waals surface area contributed by atoms with Crippen molar-refractivity contribution >= 4 is 23.1 Å². The summed E-state index contributed by atoms with van der Waals surface area (Å²) >= 11 is 5.61. The second kappa shape index (κ2) is 18.5. The molecule has 0 fully saturated rings. The van der Waals surface area contributed by atoms with Crippen LogP contribution in [0.3, 0.4) is 0 Å². The van der Waals surface area contributed by atoms with E-state index in [1.165, 1.54) is 5.56 Å². The first kappa shape index (κ1) is 32.1. The Morgan fingerprint density at radius 3 is 2.00 bits per heavy atom. The lowest BCUT2D eigenvalue weighted by atomic mass is 10.1. The van der Waals surface area contributed by atoms with Gasteiger partial charge in [0.15, 0.2) is 10.9 Å². The van der Waals surface area contributed by atoms with Crippen LogP contribution in [0.4, 0.5) is 0 Å². The molecule has 2 aromatic carbocycles. The topological polar surface area (TPSA) is 74.2 Å². The fraction of sp³-hybridized carbons (Fsp3) is 0.464. The molecule has 0 spiro atoms. The van der Waals surface area contributed by atoms with E-state index in [1.807, 2.05) is 69.3 Å². The fourth-order valence-electron chi connectivity index (χ4n) is 2.50. The van der Waals surface area contributed by atoms with Crippen molar-refractivity contribution in [2.24, 2.45) is 5.34 Å². The average Bonchev–Trinajstić information content (AvgIpc) is 2.83. The van der Waals surface area contributed by atoms with E-state index in [1.54, 1.807) is 13.8 Å². The van der Waals surface area contributed by atoms with Gasteiger partial charge in [-0.3, -0.25) is 0 Å². The highest BCUT2D eigenvalue weighted by Gasteiger charge is 2.31. The molecule has 0 radical (unpaired) electrons. The molecule has 0 aliphatic heterocycles. The molecular weight excluding hydrogens is 466 g/mol. The molecule has 0 N–H and O–H groups in total. The van der Waals surface area contributed by atoms with E-state index >= 15 is 0 Å². The maximum absolute atomic E-state index is 12.0. The van der Waals surface area contributed by atoms with Crippen LogP contribution in [-0.4, -0.2) is 24.8 Å². The standard InChI is InChI=1S/C18H26O3.C7H7Cl.C3H7NO2/c1-6-7-8-13-20-17(19)18(4,5)21-16-11-9-15(10-12-16)14(2)3;1-6-2-4-7(8)5-3-6;1-2-3-6-4-5/h9-12H,2,6-8,13H2,1,3-5H3;2-5H,1H3;2-3H2,1H3. The van der Waals surface area contributed by atoms with Crippen molar-refractivity contribution in [3.05, 3.63) is 76.2 Å². The lowest BCUT2D eigenvalue weighted by Crippen LogP contribution is -2.39. The van der Waals surface area contributed by atoms with Crippen molar-refractivity contribution in [3.63, 3.8) is 0 Å². The van der Waals surface area contributed by atoms with E-state index in [4.69, 9.17) is 26.0 Å². The number of unbranched alkanes of at least 4 members (excludes halogenated alkanes) is 2. The summed E-state index contributed by atoms with van der Waals surface area (Å²) in [5.74, 6) is 0.318. The Morgan fingerprint density at radius 1 is 0.971 bits per heavy atom. The lowest BCUT2D eigenvalue weighted by molar-refractivity contribution is -0.159. The third-order valence-electron chi connectivity index (χ3n) is 4.55. The van der Waals surface area contributed by atoms with E-state index < -0.39 is 5.60 Å². The summed E-state index contributed by atoms with van der Waals surface area (Å²) in [5, 5.41) is 2.98. The zero-order valence-corrected chi connectivity index (χ0v) is 22.7. The lowest BCUT2D eigenvalue weighted by Gasteiger charge is -2.24. The molecule has 0 atom stereocenters. The Kier molecular flexibility index (Phi) is 17.0. The highest BCUT2D eigenvalue weighted by Crippen LogP contribution is 2.22. The first-order chi connectivity index (χ1) is 16.6. The van der Waals surface area contributed by atoms with Crippen molar-refractivity contribution in [1.29, 1.82) is 0 Å². The zero-order valence-electron chi connectivity index (χ0n) is 21.9. The van der Waals surface area contributed by atoms with Gasteiger partial charge in [-0.25, -0.2) is 4.79 Å². The molecule has 0 saturated carbocycles. The summed E-state index contributed by atoms with van der Waals surface area (Å²) in [7, 11) is 0. The van der Waals surface area contributed by atoms with E-state index in [-0.39, 0.29) is 5.97 Å². The fourth-order valence-corrected chi connectivity index (χ4v) is 2.62. The molecule has 0 aliphatic carbocycles. The van der Waals surface area contributed by atoms with Crippen LogP contribution in [0.1, 0.15) is 71.4 Å². The quantitative estimate of drug-likeness (QED) is 0.133. The SMILES string of the molecule is C=C(C)c1ccc(OC(C)(C)C(=O)OCCCCC)cc1.CCCON=O.Cc1ccc(Cl)cc1. The summed E-state index contributed by atoms with van der Waals surface area (Å²) in [5.41, 5.74) is 2.31. The first-order valence-corrected chi connectivity index (χ1v) is 12.2. The molecule has 6 nitrogen and oxygen atoms in total. The molecule has 2 aromatic rings. The van der Waals surface area contributed by atoms with Crippen molar-refractivity contribution in [3.8, 4) is 5.75 Å². The third-order valence-corrected chi connectivity index (χ3v) is 4.80. The van der Waals surface area contributed by atoms with Crippen molar-refractivity contribution in [2.45, 2.75) is 72.8 Å². The smallest absolute Gasteiger partial charge is 0.349 e. The molecular formula is C28H40ClNO5. The largest absolute Gasteiger partial charge is 0.476 e. The van der Waals surface area contributed by atoms with Gasteiger partial charge >= 0.3 is 5.97 Å². The van der Waals surface area contributed by atoms with Gasteiger partial charge in [0, 0.05) is 5.02 Å². The van der Waals surface area contributed by atoms with Crippen molar-refractivity contribution in [1.82, 2.24) is 0 Å². The van der Waals surface area contributed by atoms with Gasteiger partial charge in [0.1, 0.15) is 12.4 Å². The molecule has 7 heteroatoms. The summed E-state index contributed by atoms with van der Waals surface area (Å²) < 4.78 is 11.0. The van der Waals surface area contributed by atoms with Gasteiger partial charge in [0.25, 0.3) is 0 Å². The number of carbonyl (C=O) groups excluding carboxylic acids is 1. The molecule has 0 saturated heterocycles. The Bertz CT molecular complexity index is 843. The molecule has 194 valence electrons. The second-order valence-corrected chi connectivity index (χ2v) is 8.90. The number of rotatable bonds is 11. The molecule has 0 heterocycles. The monoisotopic (exact) mass is 505 g/mol. The van der Waals surface area contributed by atoms with E-state index in [0.717, 1.165) is 41.8 Å². The van der Waals surface area contributed by atoms with Gasteiger partial charge in [0.05, 0.1) is 6.61 Å². The summed E-state index contributed by atoms with van der Waals surface area (Å²) in [6.07, 6.45) is 3.90. The molecule has 0 amide bonds. The number of carbonyl (C=O) groups is 1. The summed E-state index contributed by atoms with van der Waals surface area (Å²) in [6.45, 7) is 16.2.